The summed E-state index contributed by atoms with van der Waals surface area (Å²) < 4.78 is 22.3. The van der Waals surface area contributed by atoms with E-state index in [1.807, 2.05) is 42.5 Å². The second kappa shape index (κ2) is 12.3. The highest BCUT2D eigenvalue weighted by Gasteiger charge is 2.29. The van der Waals surface area contributed by atoms with Crippen LogP contribution in [-0.2, 0) is 4.79 Å². The van der Waals surface area contributed by atoms with Gasteiger partial charge in [0.1, 0.15) is 30.5 Å². The van der Waals surface area contributed by atoms with Crippen molar-refractivity contribution >= 4 is 5.78 Å². The van der Waals surface area contributed by atoms with Gasteiger partial charge in [0, 0.05) is 31.3 Å². The molecule has 190 valence electrons. The van der Waals surface area contributed by atoms with Gasteiger partial charge in [-0.15, -0.1) is 0 Å². The van der Waals surface area contributed by atoms with Crippen LogP contribution in [0.25, 0.3) is 0 Å². The van der Waals surface area contributed by atoms with Crippen LogP contribution in [0.3, 0.4) is 0 Å². The van der Waals surface area contributed by atoms with Crippen molar-refractivity contribution < 1.29 is 28.8 Å². The fraction of sp³-hybridized carbons (Fsp3) is 0.536. The largest absolute Gasteiger partial charge is 0.497 e. The summed E-state index contributed by atoms with van der Waals surface area (Å²) in [5, 5.41) is 11.4. The molecule has 0 bridgehead atoms. The molecule has 3 atom stereocenters. The van der Waals surface area contributed by atoms with Crippen molar-refractivity contribution in [1.29, 1.82) is 0 Å². The lowest BCUT2D eigenvalue weighted by Crippen LogP contribution is -2.42. The summed E-state index contributed by atoms with van der Waals surface area (Å²) in [7, 11) is 1.62. The lowest BCUT2D eigenvalue weighted by Gasteiger charge is -2.37. The first-order valence-electron chi connectivity index (χ1n) is 12.6. The number of fused-ring (bicyclic) bond motifs is 1. The maximum Gasteiger partial charge on any atom is 0.161 e. The van der Waals surface area contributed by atoms with Crippen LogP contribution in [0.2, 0.25) is 0 Å². The molecule has 2 aromatic rings. The highest BCUT2D eigenvalue weighted by Crippen LogP contribution is 2.36. The topological polar surface area (TPSA) is 77.5 Å². The number of ether oxygens (including phenoxy) is 4. The highest BCUT2D eigenvalue weighted by atomic mass is 16.6. The van der Waals surface area contributed by atoms with Crippen molar-refractivity contribution in [2.75, 3.05) is 40.0 Å². The summed E-state index contributed by atoms with van der Waals surface area (Å²) in [6.45, 7) is 5.24. The number of hydrogen-bond acceptors (Lipinski definition) is 7. The number of aliphatic hydroxyl groups excluding tert-OH is 1. The van der Waals surface area contributed by atoms with Crippen LogP contribution in [0.5, 0.6) is 23.0 Å². The third-order valence-electron chi connectivity index (χ3n) is 6.96. The minimum Gasteiger partial charge on any atom is -0.497 e. The van der Waals surface area contributed by atoms with Crippen LogP contribution in [0.1, 0.15) is 50.7 Å². The van der Waals surface area contributed by atoms with Gasteiger partial charge in [-0.1, -0.05) is 12.5 Å². The van der Waals surface area contributed by atoms with Crippen molar-refractivity contribution in [3.8, 4) is 23.0 Å². The van der Waals surface area contributed by atoms with Crippen molar-refractivity contribution in [2.24, 2.45) is 5.92 Å². The molecule has 0 aliphatic carbocycles. The summed E-state index contributed by atoms with van der Waals surface area (Å²) in [4.78, 5) is 15.4. The maximum atomic E-state index is 13.0. The van der Waals surface area contributed by atoms with E-state index in [4.69, 9.17) is 18.9 Å². The second-order valence-electron chi connectivity index (χ2n) is 9.46. The molecule has 0 amide bonds. The smallest absolute Gasteiger partial charge is 0.161 e. The molecule has 2 aliphatic rings. The zero-order valence-electron chi connectivity index (χ0n) is 20.8. The van der Waals surface area contributed by atoms with Gasteiger partial charge in [-0.05, 0) is 68.3 Å². The molecule has 0 radical (unpaired) electrons. The van der Waals surface area contributed by atoms with Crippen LogP contribution in [-0.4, -0.2) is 61.9 Å². The standard InChI is InChI=1S/C28H37NO6/c1-20-5-3-4-13-29(20)19-22(28(31)21-6-11-26-27(18-21)35-16-15-34-26)17-23(30)12-14-33-25-9-7-24(32-2)8-10-25/h6-11,18,20,22,28,31H,3-5,12-17,19H2,1-2H3/t20?,22-,28-/m1/s1. The van der Waals surface area contributed by atoms with Crippen molar-refractivity contribution in [3.63, 3.8) is 0 Å². The predicted molar refractivity (Wildman–Crippen MR) is 133 cm³/mol. The van der Waals surface area contributed by atoms with E-state index >= 15 is 0 Å². The van der Waals surface area contributed by atoms with Crippen LogP contribution < -0.4 is 18.9 Å². The fourth-order valence-electron chi connectivity index (χ4n) is 4.87. The Labute approximate surface area is 207 Å². The number of methoxy groups -OCH3 is 1. The number of piperidine rings is 1. The first-order valence-corrected chi connectivity index (χ1v) is 12.6. The van der Waals surface area contributed by atoms with Gasteiger partial charge in [0.15, 0.2) is 11.5 Å². The van der Waals surface area contributed by atoms with E-state index in [0.29, 0.717) is 62.5 Å². The molecule has 1 unspecified atom stereocenters. The third kappa shape index (κ3) is 6.89. The summed E-state index contributed by atoms with van der Waals surface area (Å²) >= 11 is 0. The lowest BCUT2D eigenvalue weighted by molar-refractivity contribution is -0.121. The quantitative estimate of drug-likeness (QED) is 0.507. The summed E-state index contributed by atoms with van der Waals surface area (Å²) in [6.07, 6.45) is 3.36. The van der Waals surface area contributed by atoms with Gasteiger partial charge in [-0.25, -0.2) is 0 Å². The molecule has 4 rings (SSSR count). The molecule has 0 saturated carbocycles. The van der Waals surface area contributed by atoms with Crippen LogP contribution in [0.15, 0.2) is 42.5 Å². The average molecular weight is 484 g/mol. The number of Topliss-reactive ketones (excluding diaryl/α,β-unsaturated/α-hetero) is 1. The second-order valence-corrected chi connectivity index (χ2v) is 9.46. The van der Waals surface area contributed by atoms with Crippen LogP contribution >= 0.6 is 0 Å². The summed E-state index contributed by atoms with van der Waals surface area (Å²) in [5.41, 5.74) is 0.756. The van der Waals surface area contributed by atoms with Crippen molar-refractivity contribution in [1.82, 2.24) is 4.90 Å². The first kappa shape index (κ1) is 25.3. The third-order valence-corrected chi connectivity index (χ3v) is 6.96. The lowest BCUT2D eigenvalue weighted by atomic mass is 9.88. The Hall–Kier alpha value is -2.77. The summed E-state index contributed by atoms with van der Waals surface area (Å²) in [6, 6.07) is 13.3. The fourth-order valence-corrected chi connectivity index (χ4v) is 4.87. The van der Waals surface area contributed by atoms with Gasteiger partial charge in [0.05, 0.1) is 19.8 Å². The number of benzene rings is 2. The molecule has 0 spiro atoms. The van der Waals surface area contributed by atoms with Gasteiger partial charge in [0.2, 0.25) is 0 Å². The van der Waals surface area contributed by atoms with Crippen LogP contribution in [0.4, 0.5) is 0 Å². The van der Waals surface area contributed by atoms with Gasteiger partial charge in [-0.3, -0.25) is 4.79 Å². The number of aliphatic hydroxyl groups is 1. The number of carbonyl (C=O) groups is 1. The van der Waals surface area contributed by atoms with Crippen molar-refractivity contribution in [2.45, 2.75) is 51.2 Å². The molecule has 7 heteroatoms. The Morgan fingerprint density at radius 1 is 1.09 bits per heavy atom. The van der Waals surface area contributed by atoms with E-state index in [0.717, 1.165) is 30.7 Å². The zero-order chi connectivity index (χ0) is 24.6. The zero-order valence-corrected chi connectivity index (χ0v) is 20.8. The number of carbonyl (C=O) groups excluding carboxylic acids is 1. The monoisotopic (exact) mass is 483 g/mol. The molecule has 2 aromatic carbocycles. The highest BCUT2D eigenvalue weighted by molar-refractivity contribution is 5.78. The van der Waals surface area contributed by atoms with E-state index in [1.54, 1.807) is 7.11 Å². The number of ketones is 1. The number of likely N-dealkylation sites (tertiary alicyclic amines) is 1. The average Bonchev–Trinajstić information content (AvgIpc) is 2.89. The minimum absolute atomic E-state index is 0.0877. The Balaban J connectivity index is 1.40. The molecule has 35 heavy (non-hydrogen) atoms. The van der Waals surface area contributed by atoms with E-state index in [1.165, 1.54) is 6.42 Å². The molecule has 1 fully saturated rings. The molecule has 2 heterocycles. The SMILES string of the molecule is COc1ccc(OCCC(=O)C[C@H](CN2CCCCC2C)[C@H](O)c2ccc3c(c2)OCCO3)cc1. The van der Waals surface area contributed by atoms with Gasteiger partial charge in [-0.2, -0.15) is 0 Å². The van der Waals surface area contributed by atoms with E-state index in [9.17, 15) is 9.90 Å². The number of nitrogens with zero attached hydrogens (tertiary/aromatic N) is 1. The summed E-state index contributed by atoms with van der Waals surface area (Å²) in [5.74, 6) is 2.68. The van der Waals surface area contributed by atoms with Gasteiger partial charge in [0.25, 0.3) is 0 Å². The Morgan fingerprint density at radius 3 is 2.57 bits per heavy atom. The Morgan fingerprint density at radius 2 is 1.83 bits per heavy atom. The van der Waals surface area contributed by atoms with Gasteiger partial charge >= 0.3 is 0 Å². The predicted octanol–water partition coefficient (Wildman–Crippen LogP) is 4.42. The van der Waals surface area contributed by atoms with E-state index in [-0.39, 0.29) is 11.7 Å². The first-order chi connectivity index (χ1) is 17.0. The number of rotatable bonds is 11. The Bertz CT molecular complexity index is 962. The minimum atomic E-state index is -0.772. The maximum absolute atomic E-state index is 13.0. The van der Waals surface area contributed by atoms with Crippen LogP contribution in [0, 0.1) is 5.92 Å². The molecular weight excluding hydrogens is 446 g/mol. The molecule has 7 nitrogen and oxygen atoms in total. The van der Waals surface area contributed by atoms with Gasteiger partial charge < -0.3 is 29.0 Å². The normalized spacial score (nSPS) is 19.6. The molecule has 2 aliphatic heterocycles. The molecule has 1 N–H and O–H groups in total. The molecule has 1 saturated heterocycles. The van der Waals surface area contributed by atoms with E-state index in [2.05, 4.69) is 11.8 Å². The Kier molecular flexibility index (Phi) is 8.88. The van der Waals surface area contributed by atoms with Crippen molar-refractivity contribution in [3.05, 3.63) is 48.0 Å². The van der Waals surface area contributed by atoms with E-state index < -0.39 is 6.10 Å². The molecule has 0 aromatic heterocycles. The number of hydrogen-bond donors (Lipinski definition) is 1. The molecular formula is C28H37NO6.